The molecule has 0 aliphatic heterocycles. The van der Waals surface area contributed by atoms with E-state index in [-0.39, 0.29) is 0 Å². The standard InChI is InChI=1S/C12H14BrN3/c1-8-3-5-9(6-4-8)11-10(7-14-2)15-12(13)16-11/h3-6,14H,7H2,1-2H3,(H,15,16). The van der Waals surface area contributed by atoms with E-state index in [2.05, 4.69) is 62.4 Å². The first-order valence-corrected chi connectivity index (χ1v) is 5.96. The summed E-state index contributed by atoms with van der Waals surface area (Å²) < 4.78 is 0.772. The zero-order valence-electron chi connectivity index (χ0n) is 9.34. The number of aromatic nitrogens is 2. The average molecular weight is 280 g/mol. The topological polar surface area (TPSA) is 40.7 Å². The van der Waals surface area contributed by atoms with Gasteiger partial charge in [0, 0.05) is 12.1 Å². The van der Waals surface area contributed by atoms with Gasteiger partial charge in [-0.1, -0.05) is 29.8 Å². The van der Waals surface area contributed by atoms with Crippen LogP contribution in [0.2, 0.25) is 0 Å². The van der Waals surface area contributed by atoms with Gasteiger partial charge in [0.05, 0.1) is 11.4 Å². The van der Waals surface area contributed by atoms with E-state index in [0.29, 0.717) is 0 Å². The van der Waals surface area contributed by atoms with Gasteiger partial charge in [-0.15, -0.1) is 0 Å². The number of rotatable bonds is 3. The van der Waals surface area contributed by atoms with Crippen molar-refractivity contribution in [3.63, 3.8) is 0 Å². The van der Waals surface area contributed by atoms with Crippen molar-refractivity contribution < 1.29 is 0 Å². The number of aromatic amines is 1. The Labute approximate surface area is 103 Å². The van der Waals surface area contributed by atoms with Crippen molar-refractivity contribution >= 4 is 15.9 Å². The molecule has 4 heteroatoms. The molecule has 0 unspecified atom stereocenters. The zero-order chi connectivity index (χ0) is 11.5. The first-order chi connectivity index (χ1) is 7.70. The first-order valence-electron chi connectivity index (χ1n) is 5.16. The van der Waals surface area contributed by atoms with Crippen LogP contribution < -0.4 is 5.32 Å². The Morgan fingerprint density at radius 2 is 2.00 bits per heavy atom. The fraction of sp³-hybridized carbons (Fsp3) is 0.250. The third-order valence-corrected chi connectivity index (χ3v) is 2.80. The molecule has 0 spiro atoms. The summed E-state index contributed by atoms with van der Waals surface area (Å²) in [5.41, 5.74) is 4.49. The molecule has 0 saturated carbocycles. The summed E-state index contributed by atoms with van der Waals surface area (Å²) in [7, 11) is 1.92. The number of hydrogen-bond donors (Lipinski definition) is 2. The van der Waals surface area contributed by atoms with Crippen LogP contribution in [0.15, 0.2) is 29.0 Å². The molecule has 0 bridgehead atoms. The first kappa shape index (κ1) is 11.4. The van der Waals surface area contributed by atoms with E-state index in [1.807, 2.05) is 7.05 Å². The van der Waals surface area contributed by atoms with E-state index in [1.165, 1.54) is 5.56 Å². The van der Waals surface area contributed by atoms with E-state index in [0.717, 1.165) is 28.2 Å². The summed E-state index contributed by atoms with van der Waals surface area (Å²) >= 11 is 3.37. The molecule has 0 amide bonds. The molecule has 2 aromatic rings. The Bertz CT molecular complexity index is 474. The Hall–Kier alpha value is -1.13. The number of halogens is 1. The zero-order valence-corrected chi connectivity index (χ0v) is 10.9. The summed E-state index contributed by atoms with van der Waals surface area (Å²) in [5.74, 6) is 0. The molecule has 2 rings (SSSR count). The SMILES string of the molecule is CNCc1[nH]c(Br)nc1-c1ccc(C)cc1. The molecule has 1 aromatic carbocycles. The minimum Gasteiger partial charge on any atom is -0.335 e. The number of H-pyrrole nitrogens is 1. The Kier molecular flexibility index (Phi) is 3.41. The number of nitrogens with zero attached hydrogens (tertiary/aromatic N) is 1. The van der Waals surface area contributed by atoms with Crippen molar-refractivity contribution in [2.75, 3.05) is 7.05 Å². The van der Waals surface area contributed by atoms with Gasteiger partial charge in [0.1, 0.15) is 0 Å². The van der Waals surface area contributed by atoms with Crippen LogP contribution in [-0.2, 0) is 6.54 Å². The molecular formula is C12H14BrN3. The lowest BCUT2D eigenvalue weighted by atomic mass is 10.1. The second kappa shape index (κ2) is 4.80. The van der Waals surface area contributed by atoms with Gasteiger partial charge in [-0.3, -0.25) is 0 Å². The van der Waals surface area contributed by atoms with E-state index in [4.69, 9.17) is 0 Å². The maximum Gasteiger partial charge on any atom is 0.175 e. The van der Waals surface area contributed by atoms with Gasteiger partial charge in [0.15, 0.2) is 4.73 Å². The molecular weight excluding hydrogens is 266 g/mol. The van der Waals surface area contributed by atoms with Crippen LogP contribution in [0.25, 0.3) is 11.3 Å². The molecule has 0 fully saturated rings. The van der Waals surface area contributed by atoms with Crippen molar-refractivity contribution in [3.05, 3.63) is 40.3 Å². The molecule has 0 saturated heterocycles. The minimum absolute atomic E-state index is 0.772. The Balaban J connectivity index is 2.42. The molecule has 84 valence electrons. The summed E-state index contributed by atoms with van der Waals surface area (Å²) in [5, 5.41) is 3.13. The number of hydrogen-bond acceptors (Lipinski definition) is 2. The van der Waals surface area contributed by atoms with Crippen LogP contribution in [0.5, 0.6) is 0 Å². The van der Waals surface area contributed by atoms with Gasteiger partial charge in [0.2, 0.25) is 0 Å². The predicted octanol–water partition coefficient (Wildman–Crippen LogP) is 2.87. The van der Waals surface area contributed by atoms with Crippen molar-refractivity contribution in [3.8, 4) is 11.3 Å². The molecule has 3 nitrogen and oxygen atoms in total. The molecule has 0 aliphatic carbocycles. The van der Waals surface area contributed by atoms with Crippen LogP contribution in [0.3, 0.4) is 0 Å². The molecule has 0 radical (unpaired) electrons. The molecule has 16 heavy (non-hydrogen) atoms. The van der Waals surface area contributed by atoms with Crippen molar-refractivity contribution in [2.45, 2.75) is 13.5 Å². The van der Waals surface area contributed by atoms with E-state index in [1.54, 1.807) is 0 Å². The fourth-order valence-electron chi connectivity index (χ4n) is 1.63. The van der Waals surface area contributed by atoms with Crippen LogP contribution >= 0.6 is 15.9 Å². The van der Waals surface area contributed by atoms with Crippen LogP contribution in [0.4, 0.5) is 0 Å². The smallest absolute Gasteiger partial charge is 0.175 e. The van der Waals surface area contributed by atoms with Crippen molar-refractivity contribution in [1.82, 2.24) is 15.3 Å². The lowest BCUT2D eigenvalue weighted by Gasteiger charge is -2.02. The highest BCUT2D eigenvalue weighted by Gasteiger charge is 2.09. The van der Waals surface area contributed by atoms with Gasteiger partial charge >= 0.3 is 0 Å². The maximum atomic E-state index is 4.45. The maximum absolute atomic E-state index is 4.45. The molecule has 0 aliphatic rings. The average Bonchev–Trinajstić information content (AvgIpc) is 2.61. The monoisotopic (exact) mass is 279 g/mol. The third-order valence-electron chi connectivity index (χ3n) is 2.43. The van der Waals surface area contributed by atoms with Gasteiger partial charge in [-0.05, 0) is 29.9 Å². The number of imidazole rings is 1. The van der Waals surface area contributed by atoms with Gasteiger partial charge in [0.25, 0.3) is 0 Å². The summed E-state index contributed by atoms with van der Waals surface area (Å²) in [6.07, 6.45) is 0. The Morgan fingerprint density at radius 1 is 1.31 bits per heavy atom. The molecule has 1 heterocycles. The fourth-order valence-corrected chi connectivity index (χ4v) is 2.05. The highest BCUT2D eigenvalue weighted by Crippen LogP contribution is 2.23. The second-order valence-electron chi connectivity index (χ2n) is 3.75. The van der Waals surface area contributed by atoms with E-state index in [9.17, 15) is 0 Å². The van der Waals surface area contributed by atoms with Gasteiger partial charge in [-0.2, -0.15) is 0 Å². The minimum atomic E-state index is 0.772. The normalized spacial score (nSPS) is 10.7. The van der Waals surface area contributed by atoms with Crippen molar-refractivity contribution in [2.24, 2.45) is 0 Å². The van der Waals surface area contributed by atoms with Crippen LogP contribution in [-0.4, -0.2) is 17.0 Å². The highest BCUT2D eigenvalue weighted by atomic mass is 79.9. The molecule has 1 aromatic heterocycles. The lowest BCUT2D eigenvalue weighted by Crippen LogP contribution is -2.06. The lowest BCUT2D eigenvalue weighted by molar-refractivity contribution is 0.797. The van der Waals surface area contributed by atoms with Gasteiger partial charge in [-0.25, -0.2) is 4.98 Å². The summed E-state index contributed by atoms with van der Waals surface area (Å²) in [6, 6.07) is 8.39. The number of nitrogens with one attached hydrogen (secondary N) is 2. The predicted molar refractivity (Wildman–Crippen MR) is 69.2 cm³/mol. The number of benzene rings is 1. The van der Waals surface area contributed by atoms with Crippen molar-refractivity contribution in [1.29, 1.82) is 0 Å². The largest absolute Gasteiger partial charge is 0.335 e. The van der Waals surface area contributed by atoms with Crippen LogP contribution in [0, 0.1) is 6.92 Å². The second-order valence-corrected chi connectivity index (χ2v) is 4.50. The quantitative estimate of drug-likeness (QED) is 0.907. The summed E-state index contributed by atoms with van der Waals surface area (Å²) in [6.45, 7) is 2.86. The number of aryl methyl sites for hydroxylation is 1. The molecule has 2 N–H and O–H groups in total. The summed E-state index contributed by atoms with van der Waals surface area (Å²) in [4.78, 5) is 7.65. The Morgan fingerprint density at radius 3 is 2.62 bits per heavy atom. The van der Waals surface area contributed by atoms with E-state index < -0.39 is 0 Å². The van der Waals surface area contributed by atoms with E-state index >= 15 is 0 Å². The van der Waals surface area contributed by atoms with Gasteiger partial charge < -0.3 is 10.3 Å². The highest BCUT2D eigenvalue weighted by molar-refractivity contribution is 9.10. The third kappa shape index (κ3) is 2.33. The molecule has 0 atom stereocenters. The van der Waals surface area contributed by atoms with Crippen LogP contribution in [0.1, 0.15) is 11.3 Å².